The molecule has 1 saturated heterocycles. The van der Waals surface area contributed by atoms with Gasteiger partial charge in [-0.25, -0.2) is 8.42 Å². The summed E-state index contributed by atoms with van der Waals surface area (Å²) >= 11 is 0. The Morgan fingerprint density at radius 3 is 2.19 bits per heavy atom. The maximum atomic E-state index is 12.3. The first kappa shape index (κ1) is 20.9. The van der Waals surface area contributed by atoms with Crippen molar-refractivity contribution < 1.29 is 23.0 Å². The fourth-order valence-electron chi connectivity index (χ4n) is 2.32. The number of amides is 1. The van der Waals surface area contributed by atoms with Gasteiger partial charge < -0.3 is 14.7 Å². The van der Waals surface area contributed by atoms with E-state index >= 15 is 0 Å². The van der Waals surface area contributed by atoms with Gasteiger partial charge in [0.25, 0.3) is 0 Å². The highest BCUT2D eigenvalue weighted by molar-refractivity contribution is 7.91. The van der Waals surface area contributed by atoms with E-state index in [1.165, 1.54) is 0 Å². The van der Waals surface area contributed by atoms with E-state index in [4.69, 9.17) is 4.65 Å². The summed E-state index contributed by atoms with van der Waals surface area (Å²) < 4.78 is 28.6. The zero-order valence-electron chi connectivity index (χ0n) is 15.9. The summed E-state index contributed by atoms with van der Waals surface area (Å²) in [6, 6.07) is 7.41. The van der Waals surface area contributed by atoms with Gasteiger partial charge in [0.05, 0.1) is 29.1 Å². The Bertz CT molecular complexity index is 724. The van der Waals surface area contributed by atoms with Crippen molar-refractivity contribution in [2.24, 2.45) is 0 Å². The van der Waals surface area contributed by atoms with E-state index in [0.29, 0.717) is 0 Å². The van der Waals surface area contributed by atoms with Crippen LogP contribution in [-0.2, 0) is 25.7 Å². The topological polar surface area (TPSA) is 83.9 Å². The molecule has 0 unspecified atom stereocenters. The average molecular weight is 380 g/mol. The van der Waals surface area contributed by atoms with Crippen LogP contribution >= 0.6 is 0 Å². The molecular formula is C18H27BNO5S. The highest BCUT2D eigenvalue weighted by Gasteiger charge is 2.35. The second kappa shape index (κ2) is 7.70. The van der Waals surface area contributed by atoms with Crippen LogP contribution < -0.4 is 5.46 Å². The summed E-state index contributed by atoms with van der Waals surface area (Å²) in [5, 5.41) is 10.1. The first-order valence-corrected chi connectivity index (χ1v) is 10.5. The number of carbonyl (C=O) groups excluding carboxylic acids is 1. The van der Waals surface area contributed by atoms with Gasteiger partial charge in [0.2, 0.25) is 5.91 Å². The lowest BCUT2D eigenvalue weighted by molar-refractivity contribution is -0.130. The molecule has 1 fully saturated rings. The third kappa shape index (κ3) is 5.56. The van der Waals surface area contributed by atoms with E-state index in [-0.39, 0.29) is 36.9 Å². The fraction of sp³-hybridized carbons (Fsp3) is 0.611. The summed E-state index contributed by atoms with van der Waals surface area (Å²) in [5.74, 6) is 0.0260. The van der Waals surface area contributed by atoms with Gasteiger partial charge in [-0.15, -0.1) is 0 Å². The Labute approximate surface area is 156 Å². The van der Waals surface area contributed by atoms with E-state index in [2.05, 4.69) is 0 Å². The second-order valence-corrected chi connectivity index (χ2v) is 10.1. The molecule has 1 aromatic rings. The molecule has 1 heterocycles. The fourth-order valence-corrected chi connectivity index (χ4v) is 3.52. The quantitative estimate of drug-likeness (QED) is 0.718. The van der Waals surface area contributed by atoms with Crippen LogP contribution in [0.3, 0.4) is 0 Å². The van der Waals surface area contributed by atoms with Crippen LogP contribution in [0.4, 0.5) is 0 Å². The molecular weight excluding hydrogens is 353 g/mol. The highest BCUT2D eigenvalue weighted by atomic mass is 32.2. The summed E-state index contributed by atoms with van der Waals surface area (Å²) in [7, 11) is -1.39. The zero-order valence-corrected chi connectivity index (χ0v) is 16.7. The lowest BCUT2D eigenvalue weighted by Crippen LogP contribution is -2.49. The van der Waals surface area contributed by atoms with Gasteiger partial charge in [-0.3, -0.25) is 4.79 Å². The molecule has 1 aliphatic rings. The van der Waals surface area contributed by atoms with Crippen molar-refractivity contribution in [3.63, 3.8) is 0 Å². The van der Waals surface area contributed by atoms with Gasteiger partial charge in [0.15, 0.2) is 9.84 Å². The van der Waals surface area contributed by atoms with Gasteiger partial charge in [0.1, 0.15) is 0 Å². The summed E-state index contributed by atoms with van der Waals surface area (Å²) in [6.07, 6.45) is 0.246. The molecule has 0 saturated carbocycles. The molecule has 6 nitrogen and oxygen atoms in total. The number of sulfone groups is 1. The first-order valence-electron chi connectivity index (χ1n) is 8.70. The molecule has 0 atom stereocenters. The number of aliphatic hydroxyl groups is 1. The predicted octanol–water partition coefficient (Wildman–Crippen LogP) is 0.297. The van der Waals surface area contributed by atoms with Crippen molar-refractivity contribution in [2.45, 2.75) is 45.3 Å². The summed E-state index contributed by atoms with van der Waals surface area (Å²) in [5.41, 5.74) is -0.0292. The molecule has 8 heteroatoms. The molecule has 1 N–H and O–H groups in total. The SMILES string of the molecule is CC(C)(O)C(C)(C)O[B]c1ccc(CC(=O)N2CCS(=O)(=O)CC2)cc1. The number of benzene rings is 1. The third-order valence-corrected chi connectivity index (χ3v) is 6.60. The molecule has 1 aliphatic heterocycles. The zero-order chi connectivity index (χ0) is 19.6. The smallest absolute Gasteiger partial charge is 0.330 e. The maximum Gasteiger partial charge on any atom is 0.330 e. The highest BCUT2D eigenvalue weighted by Crippen LogP contribution is 2.24. The van der Waals surface area contributed by atoms with Crippen LogP contribution in [0.5, 0.6) is 0 Å². The largest absolute Gasteiger partial charge is 0.427 e. The Hall–Kier alpha value is -1.38. The van der Waals surface area contributed by atoms with Crippen LogP contribution in [0.2, 0.25) is 0 Å². The van der Waals surface area contributed by atoms with Crippen LogP contribution in [0, 0.1) is 0 Å². The molecule has 0 aromatic heterocycles. The minimum Gasteiger partial charge on any atom is -0.427 e. The lowest BCUT2D eigenvalue weighted by Gasteiger charge is -2.37. The lowest BCUT2D eigenvalue weighted by atomic mass is 9.82. The number of rotatable bonds is 6. The first-order chi connectivity index (χ1) is 11.9. The molecule has 143 valence electrons. The summed E-state index contributed by atoms with van der Waals surface area (Å²) in [6.45, 7) is 7.56. The van der Waals surface area contributed by atoms with Crippen LogP contribution in [-0.4, -0.2) is 67.6 Å². The standard InChI is InChI=1S/C18H27BNO5S/c1-17(2,22)18(3,4)25-19-15-7-5-14(6-8-15)13-16(21)20-9-11-26(23,24)12-10-20/h5-8,22H,9-13H2,1-4H3. The van der Waals surface area contributed by atoms with Crippen molar-refractivity contribution in [1.29, 1.82) is 0 Å². The van der Waals surface area contributed by atoms with E-state index in [0.717, 1.165) is 11.0 Å². The average Bonchev–Trinajstić information content (AvgIpc) is 2.53. The second-order valence-electron chi connectivity index (χ2n) is 7.76. The maximum absolute atomic E-state index is 12.3. The molecule has 0 bridgehead atoms. The van der Waals surface area contributed by atoms with Crippen molar-refractivity contribution in [2.75, 3.05) is 24.6 Å². The molecule has 0 aliphatic carbocycles. The Morgan fingerprint density at radius 1 is 1.15 bits per heavy atom. The molecule has 26 heavy (non-hydrogen) atoms. The summed E-state index contributed by atoms with van der Waals surface area (Å²) in [4.78, 5) is 13.9. The van der Waals surface area contributed by atoms with Crippen LogP contribution in [0.1, 0.15) is 33.3 Å². The molecule has 1 radical (unpaired) electrons. The number of hydrogen-bond donors (Lipinski definition) is 1. The van der Waals surface area contributed by atoms with Gasteiger partial charge in [-0.2, -0.15) is 0 Å². The van der Waals surface area contributed by atoms with Gasteiger partial charge in [0, 0.05) is 13.1 Å². The normalized spacial score (nSPS) is 17.8. The van der Waals surface area contributed by atoms with E-state index in [1.807, 2.05) is 38.1 Å². The Kier molecular flexibility index (Phi) is 6.20. The molecule has 2 rings (SSSR count). The Balaban J connectivity index is 1.88. The predicted molar refractivity (Wildman–Crippen MR) is 102 cm³/mol. The van der Waals surface area contributed by atoms with Crippen LogP contribution in [0.15, 0.2) is 24.3 Å². The van der Waals surface area contributed by atoms with Crippen molar-refractivity contribution in [3.05, 3.63) is 29.8 Å². The van der Waals surface area contributed by atoms with Gasteiger partial charge >= 0.3 is 7.48 Å². The molecule has 1 amide bonds. The van der Waals surface area contributed by atoms with Crippen molar-refractivity contribution in [1.82, 2.24) is 4.90 Å². The van der Waals surface area contributed by atoms with E-state index < -0.39 is 21.0 Å². The van der Waals surface area contributed by atoms with E-state index in [9.17, 15) is 18.3 Å². The van der Waals surface area contributed by atoms with E-state index in [1.54, 1.807) is 26.2 Å². The van der Waals surface area contributed by atoms with Gasteiger partial charge in [-0.05, 0) is 33.3 Å². The molecule has 0 spiro atoms. The minimum absolute atomic E-state index is 0.0426. The monoisotopic (exact) mass is 380 g/mol. The van der Waals surface area contributed by atoms with Gasteiger partial charge in [-0.1, -0.05) is 29.7 Å². The number of nitrogens with zero attached hydrogens (tertiary/aromatic N) is 1. The minimum atomic E-state index is -2.99. The molecule has 1 aromatic carbocycles. The number of hydrogen-bond acceptors (Lipinski definition) is 5. The Morgan fingerprint density at radius 2 is 1.69 bits per heavy atom. The van der Waals surface area contributed by atoms with Crippen molar-refractivity contribution >= 4 is 28.7 Å². The number of carbonyl (C=O) groups is 1. The third-order valence-electron chi connectivity index (χ3n) is 5.00. The van der Waals surface area contributed by atoms with Crippen molar-refractivity contribution in [3.8, 4) is 0 Å². The van der Waals surface area contributed by atoms with Crippen LogP contribution in [0.25, 0.3) is 0 Å².